The zero-order chi connectivity index (χ0) is 22.0. The highest BCUT2D eigenvalue weighted by molar-refractivity contribution is 7.98. The third kappa shape index (κ3) is 4.18. The fourth-order valence-electron chi connectivity index (χ4n) is 5.18. The first-order valence-corrected chi connectivity index (χ1v) is 12.6. The van der Waals surface area contributed by atoms with Crippen LogP contribution < -0.4 is 10.6 Å². The molecular weight excluding hydrogens is 416 g/mol. The fraction of sp³-hybridized carbons (Fsp3) is 0.762. The number of aromatic nitrogens is 3. The Hall–Kier alpha value is -2.10. The number of imide groups is 1. The molecule has 4 rings (SSSR count). The Balaban J connectivity index is 1.29. The van der Waals surface area contributed by atoms with Crippen LogP contribution in [0.5, 0.6) is 0 Å². The molecule has 2 N–H and O–H groups in total. The maximum Gasteiger partial charge on any atom is 0.325 e. The molecule has 4 amide bonds. The number of urea groups is 1. The van der Waals surface area contributed by atoms with Crippen molar-refractivity contribution in [2.45, 2.75) is 93.9 Å². The molecule has 3 aliphatic rings. The topological polar surface area (TPSA) is 109 Å². The number of hydrogen-bond donors (Lipinski definition) is 2. The van der Waals surface area contributed by atoms with Crippen LogP contribution in [-0.2, 0) is 16.0 Å². The summed E-state index contributed by atoms with van der Waals surface area (Å²) in [5.74, 6) is 0.406. The van der Waals surface area contributed by atoms with Gasteiger partial charge in [-0.2, -0.15) is 0 Å². The zero-order valence-corrected chi connectivity index (χ0v) is 19.2. The van der Waals surface area contributed by atoms with Gasteiger partial charge in [0.2, 0.25) is 5.91 Å². The lowest BCUT2D eigenvalue weighted by atomic mass is 9.97. The zero-order valence-electron chi connectivity index (χ0n) is 18.4. The molecule has 1 saturated heterocycles. The first-order chi connectivity index (χ1) is 15.0. The van der Waals surface area contributed by atoms with E-state index in [-0.39, 0.29) is 11.8 Å². The van der Waals surface area contributed by atoms with Crippen molar-refractivity contribution in [3.63, 3.8) is 0 Å². The van der Waals surface area contributed by atoms with Gasteiger partial charge in [0.05, 0.1) is 0 Å². The molecule has 1 unspecified atom stereocenters. The van der Waals surface area contributed by atoms with E-state index < -0.39 is 17.6 Å². The second kappa shape index (κ2) is 9.18. The number of carbonyl (C=O) groups excluding carboxylic acids is 3. The highest BCUT2D eigenvalue weighted by Crippen LogP contribution is 2.36. The molecule has 1 aromatic heterocycles. The number of thioether (sulfide) groups is 1. The summed E-state index contributed by atoms with van der Waals surface area (Å²) in [7, 11) is 0. The Morgan fingerprint density at radius 1 is 1.23 bits per heavy atom. The quantitative estimate of drug-likeness (QED) is 0.359. The van der Waals surface area contributed by atoms with Crippen molar-refractivity contribution in [3.05, 3.63) is 5.82 Å². The van der Waals surface area contributed by atoms with E-state index in [2.05, 4.69) is 25.4 Å². The third-order valence-corrected chi connectivity index (χ3v) is 7.54. The molecule has 3 fully saturated rings. The molecule has 2 heterocycles. The van der Waals surface area contributed by atoms with Gasteiger partial charge in [0.15, 0.2) is 5.16 Å². The maximum atomic E-state index is 12.8. The van der Waals surface area contributed by atoms with Crippen molar-refractivity contribution >= 4 is 29.6 Å². The second-order valence-corrected chi connectivity index (χ2v) is 9.65. The van der Waals surface area contributed by atoms with Crippen molar-refractivity contribution < 1.29 is 14.4 Å². The summed E-state index contributed by atoms with van der Waals surface area (Å²) in [6.45, 7) is 2.08. The number of nitrogens with zero attached hydrogens (tertiary/aromatic N) is 4. The third-order valence-electron chi connectivity index (χ3n) is 6.90. The van der Waals surface area contributed by atoms with Gasteiger partial charge in [-0.05, 0) is 45.3 Å². The first kappa shape index (κ1) is 22.1. The van der Waals surface area contributed by atoms with E-state index in [1.54, 1.807) is 18.7 Å². The lowest BCUT2D eigenvalue weighted by molar-refractivity contribution is -0.137. The van der Waals surface area contributed by atoms with E-state index in [0.29, 0.717) is 25.4 Å². The smallest absolute Gasteiger partial charge is 0.325 e. The molecule has 31 heavy (non-hydrogen) atoms. The molecule has 9 nitrogen and oxygen atoms in total. The number of carbonyl (C=O) groups is 3. The van der Waals surface area contributed by atoms with Crippen molar-refractivity contribution in [3.8, 4) is 0 Å². The molecule has 0 aromatic carbocycles. The SMILES string of the molecule is CSc1nnc(CCCNC(=O)C(C)N2C(=O)NC3(CCCC3)C2=O)n1C1CCCC1. The minimum atomic E-state index is -0.822. The van der Waals surface area contributed by atoms with Gasteiger partial charge < -0.3 is 15.2 Å². The van der Waals surface area contributed by atoms with Crippen molar-refractivity contribution in [1.29, 1.82) is 0 Å². The van der Waals surface area contributed by atoms with Gasteiger partial charge in [-0.1, -0.05) is 37.4 Å². The summed E-state index contributed by atoms with van der Waals surface area (Å²) >= 11 is 1.62. The van der Waals surface area contributed by atoms with Gasteiger partial charge in [-0.3, -0.25) is 9.59 Å². The van der Waals surface area contributed by atoms with Crippen LogP contribution in [-0.4, -0.2) is 61.9 Å². The number of nitrogens with one attached hydrogen (secondary N) is 2. The molecule has 2 saturated carbocycles. The number of rotatable bonds is 8. The van der Waals surface area contributed by atoms with Gasteiger partial charge >= 0.3 is 6.03 Å². The lowest BCUT2D eigenvalue weighted by Gasteiger charge is -2.23. The predicted molar refractivity (Wildman–Crippen MR) is 117 cm³/mol. The van der Waals surface area contributed by atoms with E-state index in [0.717, 1.165) is 41.6 Å². The van der Waals surface area contributed by atoms with Gasteiger partial charge in [0, 0.05) is 19.0 Å². The first-order valence-electron chi connectivity index (χ1n) is 11.4. The Morgan fingerprint density at radius 2 is 1.94 bits per heavy atom. The molecule has 1 aromatic rings. The Labute approximate surface area is 187 Å². The van der Waals surface area contributed by atoms with Crippen molar-refractivity contribution in [2.24, 2.45) is 0 Å². The average molecular weight is 449 g/mol. The summed E-state index contributed by atoms with van der Waals surface area (Å²) in [6.07, 6.45) is 11.4. The maximum absolute atomic E-state index is 12.8. The Bertz CT molecular complexity index is 844. The summed E-state index contributed by atoms with van der Waals surface area (Å²) in [5, 5.41) is 15.4. The van der Waals surface area contributed by atoms with Gasteiger partial charge in [-0.25, -0.2) is 9.69 Å². The Morgan fingerprint density at radius 3 is 2.61 bits per heavy atom. The number of aryl methyl sites for hydroxylation is 1. The minimum Gasteiger partial charge on any atom is -0.354 e. The molecule has 10 heteroatoms. The van der Waals surface area contributed by atoms with Crippen LogP contribution >= 0.6 is 11.8 Å². The van der Waals surface area contributed by atoms with Crippen LogP contribution in [0.4, 0.5) is 4.79 Å². The standard InChI is InChI=1S/C21H32N6O3S/c1-14(26-18(29)21(23-19(26)30)11-5-6-12-21)17(28)22-13-7-10-16-24-25-20(31-2)27(16)15-8-3-4-9-15/h14-15H,3-13H2,1-2H3,(H,22,28)(H,23,30). The van der Waals surface area contributed by atoms with Gasteiger partial charge in [0.1, 0.15) is 17.4 Å². The van der Waals surface area contributed by atoms with E-state index in [4.69, 9.17) is 0 Å². The summed E-state index contributed by atoms with van der Waals surface area (Å²) < 4.78 is 2.27. The van der Waals surface area contributed by atoms with Gasteiger partial charge in [-0.15, -0.1) is 10.2 Å². The Kier molecular flexibility index (Phi) is 6.55. The monoisotopic (exact) mass is 448 g/mol. The minimum absolute atomic E-state index is 0.257. The van der Waals surface area contributed by atoms with Crippen LogP contribution in [0.1, 0.15) is 76.6 Å². The molecule has 0 radical (unpaired) electrons. The van der Waals surface area contributed by atoms with Crippen LogP contribution in [0, 0.1) is 0 Å². The van der Waals surface area contributed by atoms with E-state index >= 15 is 0 Å². The lowest BCUT2D eigenvalue weighted by Crippen LogP contribution is -2.50. The van der Waals surface area contributed by atoms with E-state index in [1.807, 2.05) is 6.26 Å². The molecular formula is C21H32N6O3S. The normalized spacial score (nSPS) is 21.8. The van der Waals surface area contributed by atoms with E-state index in [1.165, 1.54) is 25.7 Å². The summed E-state index contributed by atoms with van der Waals surface area (Å²) in [5.41, 5.74) is -0.787. The number of hydrogen-bond acceptors (Lipinski definition) is 6. The molecule has 1 atom stereocenters. The molecule has 2 aliphatic carbocycles. The largest absolute Gasteiger partial charge is 0.354 e. The second-order valence-electron chi connectivity index (χ2n) is 8.88. The number of amides is 4. The fourth-order valence-corrected chi connectivity index (χ4v) is 5.75. The van der Waals surface area contributed by atoms with Crippen LogP contribution in [0.3, 0.4) is 0 Å². The summed E-state index contributed by atoms with van der Waals surface area (Å²) in [4.78, 5) is 39.0. The molecule has 1 aliphatic heterocycles. The van der Waals surface area contributed by atoms with Crippen LogP contribution in [0.2, 0.25) is 0 Å². The van der Waals surface area contributed by atoms with Crippen LogP contribution in [0.15, 0.2) is 5.16 Å². The van der Waals surface area contributed by atoms with E-state index in [9.17, 15) is 14.4 Å². The predicted octanol–water partition coefficient (Wildman–Crippen LogP) is 2.42. The van der Waals surface area contributed by atoms with Crippen molar-refractivity contribution in [2.75, 3.05) is 12.8 Å². The highest BCUT2D eigenvalue weighted by Gasteiger charge is 2.54. The average Bonchev–Trinajstić information content (AvgIpc) is 3.53. The highest BCUT2D eigenvalue weighted by atomic mass is 32.2. The molecule has 1 spiro atoms. The molecule has 0 bridgehead atoms. The molecule has 170 valence electrons. The van der Waals surface area contributed by atoms with Crippen LogP contribution in [0.25, 0.3) is 0 Å². The van der Waals surface area contributed by atoms with Gasteiger partial charge in [0.25, 0.3) is 5.91 Å². The van der Waals surface area contributed by atoms with Crippen molar-refractivity contribution in [1.82, 2.24) is 30.3 Å². The summed E-state index contributed by atoms with van der Waals surface area (Å²) in [6, 6.07) is -0.800.